The number of rotatable bonds is 6. The van der Waals surface area contributed by atoms with Crippen molar-refractivity contribution in [3.63, 3.8) is 0 Å². The Balaban J connectivity index is 1.03. The standard InChI is InChI=1S/C52H41N3/c1-52(2)46-33-40(28-29-44(46)47-45(34-16-6-3-7-17-34)32-41-22-12-13-27-43(41)48(47)52)38-24-14-23-37(30-38)39-25-15-26-42(31-39)51-54-49(35-18-8-4-9-19-35)53-50(55-51)36-20-10-5-11-21-36/h3-10,12-20,22-33,50H,11,21H2,1-2H3,(H,53,54,55). The molecule has 1 unspecified atom stereocenters. The zero-order valence-electron chi connectivity index (χ0n) is 31.1. The zero-order chi connectivity index (χ0) is 36.9. The molecule has 3 heteroatoms. The molecule has 0 amide bonds. The van der Waals surface area contributed by atoms with Gasteiger partial charge in [-0.05, 0) is 109 Å². The normalized spacial score (nSPS) is 16.8. The third kappa shape index (κ3) is 5.84. The molecule has 0 radical (unpaired) electrons. The van der Waals surface area contributed by atoms with Crippen LogP contribution in [0.3, 0.4) is 0 Å². The Morgan fingerprint density at radius 2 is 1.22 bits per heavy atom. The molecule has 55 heavy (non-hydrogen) atoms. The van der Waals surface area contributed by atoms with Crippen molar-refractivity contribution >= 4 is 22.4 Å². The summed E-state index contributed by atoms with van der Waals surface area (Å²) in [6.45, 7) is 4.79. The molecule has 10 rings (SSSR count). The van der Waals surface area contributed by atoms with E-state index in [4.69, 9.17) is 9.98 Å². The zero-order valence-corrected chi connectivity index (χ0v) is 31.1. The minimum absolute atomic E-state index is 0.156. The van der Waals surface area contributed by atoms with Gasteiger partial charge in [0, 0.05) is 16.5 Å². The molecule has 0 saturated heterocycles. The van der Waals surface area contributed by atoms with Gasteiger partial charge in [-0.15, -0.1) is 0 Å². The first-order valence-electron chi connectivity index (χ1n) is 19.3. The van der Waals surface area contributed by atoms with Crippen LogP contribution in [0.4, 0.5) is 0 Å². The summed E-state index contributed by atoms with van der Waals surface area (Å²) in [6, 6.07) is 57.2. The van der Waals surface area contributed by atoms with Gasteiger partial charge in [-0.1, -0.05) is 166 Å². The van der Waals surface area contributed by atoms with Crippen LogP contribution in [-0.2, 0) is 5.41 Å². The summed E-state index contributed by atoms with van der Waals surface area (Å²) in [6.07, 6.45) is 8.41. The number of nitrogens with one attached hydrogen (secondary N) is 1. The van der Waals surface area contributed by atoms with Crippen LogP contribution in [0.1, 0.15) is 48.9 Å². The monoisotopic (exact) mass is 707 g/mol. The molecule has 1 heterocycles. The summed E-state index contributed by atoms with van der Waals surface area (Å²) >= 11 is 0. The molecule has 3 aliphatic rings. The van der Waals surface area contributed by atoms with Crippen molar-refractivity contribution < 1.29 is 0 Å². The van der Waals surface area contributed by atoms with Crippen LogP contribution in [0.2, 0.25) is 0 Å². The molecular formula is C52H41N3. The van der Waals surface area contributed by atoms with Crippen molar-refractivity contribution in [1.82, 2.24) is 5.32 Å². The van der Waals surface area contributed by atoms with E-state index in [1.54, 1.807) is 0 Å². The van der Waals surface area contributed by atoms with Crippen molar-refractivity contribution in [3.05, 3.63) is 204 Å². The van der Waals surface area contributed by atoms with E-state index >= 15 is 0 Å². The van der Waals surface area contributed by atoms with E-state index in [-0.39, 0.29) is 11.6 Å². The minimum Gasteiger partial charge on any atom is -0.344 e. The molecule has 3 nitrogen and oxygen atoms in total. The van der Waals surface area contributed by atoms with Crippen LogP contribution < -0.4 is 5.32 Å². The number of fused-ring (bicyclic) bond motifs is 5. The number of hydrogen-bond donors (Lipinski definition) is 1. The summed E-state index contributed by atoms with van der Waals surface area (Å²) in [5.74, 6) is 1.60. The predicted octanol–water partition coefficient (Wildman–Crippen LogP) is 12.5. The fourth-order valence-electron chi connectivity index (χ4n) is 8.79. The van der Waals surface area contributed by atoms with E-state index in [1.807, 2.05) is 6.07 Å². The molecule has 264 valence electrons. The molecule has 1 aliphatic heterocycles. The van der Waals surface area contributed by atoms with Gasteiger partial charge in [0.05, 0.1) is 0 Å². The highest BCUT2D eigenvalue weighted by atomic mass is 15.2. The molecule has 0 spiro atoms. The van der Waals surface area contributed by atoms with Gasteiger partial charge in [0.2, 0.25) is 0 Å². The number of amidine groups is 2. The first-order chi connectivity index (χ1) is 27.0. The maximum absolute atomic E-state index is 5.18. The smallest absolute Gasteiger partial charge is 0.159 e. The number of aliphatic imine (C=N–C) groups is 2. The van der Waals surface area contributed by atoms with E-state index in [0.29, 0.717) is 0 Å². The molecule has 2 aliphatic carbocycles. The predicted molar refractivity (Wildman–Crippen MR) is 231 cm³/mol. The van der Waals surface area contributed by atoms with Crippen LogP contribution >= 0.6 is 0 Å². The second-order valence-corrected chi connectivity index (χ2v) is 15.3. The Bertz CT molecular complexity index is 2750. The highest BCUT2D eigenvalue weighted by molar-refractivity contribution is 6.13. The molecule has 7 aromatic rings. The summed E-state index contributed by atoms with van der Waals surface area (Å²) < 4.78 is 0. The quantitative estimate of drug-likeness (QED) is 0.184. The van der Waals surface area contributed by atoms with E-state index in [2.05, 4.69) is 189 Å². The van der Waals surface area contributed by atoms with E-state index in [9.17, 15) is 0 Å². The van der Waals surface area contributed by atoms with Crippen LogP contribution in [0, 0.1) is 0 Å². The van der Waals surface area contributed by atoms with Crippen molar-refractivity contribution in [2.24, 2.45) is 9.98 Å². The topological polar surface area (TPSA) is 36.8 Å². The van der Waals surface area contributed by atoms with Crippen LogP contribution in [0.25, 0.3) is 55.3 Å². The Hall–Kier alpha value is -6.58. The number of allylic oxidation sites excluding steroid dienone is 3. The molecular weight excluding hydrogens is 667 g/mol. The number of nitrogens with zero attached hydrogens (tertiary/aromatic N) is 2. The fourth-order valence-corrected chi connectivity index (χ4v) is 8.79. The average Bonchev–Trinajstić information content (AvgIpc) is 3.50. The second-order valence-electron chi connectivity index (χ2n) is 15.3. The molecule has 0 aromatic heterocycles. The maximum Gasteiger partial charge on any atom is 0.159 e. The summed E-state index contributed by atoms with van der Waals surface area (Å²) in [5.41, 5.74) is 15.9. The molecule has 7 aromatic carbocycles. The third-order valence-corrected chi connectivity index (χ3v) is 11.6. The first-order valence-corrected chi connectivity index (χ1v) is 19.3. The van der Waals surface area contributed by atoms with Gasteiger partial charge >= 0.3 is 0 Å². The van der Waals surface area contributed by atoms with E-state index in [0.717, 1.165) is 41.2 Å². The van der Waals surface area contributed by atoms with Gasteiger partial charge in [0.15, 0.2) is 5.84 Å². The molecule has 0 bridgehead atoms. The van der Waals surface area contributed by atoms with Crippen molar-refractivity contribution in [1.29, 1.82) is 0 Å². The number of hydrogen-bond acceptors (Lipinski definition) is 3. The van der Waals surface area contributed by atoms with Gasteiger partial charge in [0.1, 0.15) is 12.0 Å². The minimum atomic E-state index is -0.173. The van der Waals surface area contributed by atoms with E-state index < -0.39 is 0 Å². The molecule has 0 saturated carbocycles. The third-order valence-electron chi connectivity index (χ3n) is 11.6. The van der Waals surface area contributed by atoms with Crippen LogP contribution in [-0.4, -0.2) is 17.8 Å². The highest BCUT2D eigenvalue weighted by Crippen LogP contribution is 2.55. The highest BCUT2D eigenvalue weighted by Gasteiger charge is 2.39. The molecule has 0 fully saturated rings. The van der Waals surface area contributed by atoms with E-state index in [1.165, 1.54) is 66.4 Å². The van der Waals surface area contributed by atoms with Crippen molar-refractivity contribution in [2.75, 3.05) is 0 Å². The summed E-state index contributed by atoms with van der Waals surface area (Å²) in [4.78, 5) is 10.3. The second kappa shape index (κ2) is 13.4. The van der Waals surface area contributed by atoms with Gasteiger partial charge in [0.25, 0.3) is 0 Å². The Kier molecular flexibility index (Phi) is 8.03. The largest absolute Gasteiger partial charge is 0.344 e. The lowest BCUT2D eigenvalue weighted by atomic mass is 9.78. The summed E-state index contributed by atoms with van der Waals surface area (Å²) in [5, 5.41) is 6.24. The SMILES string of the molecule is CC1(C)c2cc(-c3cccc(-c4cccc(C5=NC(C6=CC=CCC6)NC(c6ccccc6)=N5)c4)c3)ccc2-c2c(-c3ccccc3)cc3ccccc3c21. The number of benzene rings is 7. The molecule has 1 atom stereocenters. The maximum atomic E-state index is 5.18. The van der Waals surface area contributed by atoms with Crippen LogP contribution in [0.15, 0.2) is 192 Å². The van der Waals surface area contributed by atoms with Gasteiger partial charge in [-0.2, -0.15) is 0 Å². The van der Waals surface area contributed by atoms with Crippen LogP contribution in [0.5, 0.6) is 0 Å². The van der Waals surface area contributed by atoms with Crippen molar-refractivity contribution in [3.8, 4) is 44.5 Å². The Morgan fingerprint density at radius 3 is 1.95 bits per heavy atom. The average molecular weight is 708 g/mol. The molecule has 1 N–H and O–H groups in total. The summed E-state index contributed by atoms with van der Waals surface area (Å²) in [7, 11) is 0. The first kappa shape index (κ1) is 33.0. The lowest BCUT2D eigenvalue weighted by Gasteiger charge is -2.26. The van der Waals surface area contributed by atoms with Gasteiger partial charge in [-0.25, -0.2) is 9.98 Å². The lowest BCUT2D eigenvalue weighted by molar-refractivity contribution is 0.666. The van der Waals surface area contributed by atoms with Gasteiger partial charge < -0.3 is 5.32 Å². The Labute approximate surface area is 323 Å². The Morgan fingerprint density at radius 1 is 0.582 bits per heavy atom. The van der Waals surface area contributed by atoms with Gasteiger partial charge in [-0.3, -0.25) is 0 Å². The van der Waals surface area contributed by atoms with Crippen molar-refractivity contribution in [2.45, 2.75) is 38.3 Å². The fraction of sp³-hybridized carbons (Fsp3) is 0.115. The lowest BCUT2D eigenvalue weighted by Crippen LogP contribution is -2.40.